The summed E-state index contributed by atoms with van der Waals surface area (Å²) in [6.45, 7) is 2.03. The summed E-state index contributed by atoms with van der Waals surface area (Å²) in [5, 5.41) is 3.60. The Bertz CT molecular complexity index is 912. The smallest absolute Gasteiger partial charge is 0.230 e. The van der Waals surface area contributed by atoms with Crippen LogP contribution >= 0.6 is 15.9 Å². The van der Waals surface area contributed by atoms with Crippen LogP contribution in [0.3, 0.4) is 0 Å². The zero-order chi connectivity index (χ0) is 17.8. The Morgan fingerprint density at radius 1 is 1.08 bits per heavy atom. The van der Waals surface area contributed by atoms with Gasteiger partial charge in [-0.2, -0.15) is 0 Å². The Hall–Kier alpha value is -2.40. The number of hydrogen-bond acceptors (Lipinski definition) is 3. The topological polar surface area (TPSA) is 59.3 Å². The van der Waals surface area contributed by atoms with Crippen LogP contribution in [0.25, 0.3) is 11.0 Å². The SMILES string of the molecule is CCCCC(=O)Nc1c(C(=O)c2ccc(Br)cc2)oc2ccccc12. The highest BCUT2D eigenvalue weighted by Crippen LogP contribution is 2.32. The molecule has 0 atom stereocenters. The Morgan fingerprint density at radius 3 is 2.52 bits per heavy atom. The maximum atomic E-state index is 12.9. The molecule has 0 radical (unpaired) electrons. The van der Waals surface area contributed by atoms with Crippen LogP contribution in [0.4, 0.5) is 5.69 Å². The fraction of sp³-hybridized carbons (Fsp3) is 0.200. The first kappa shape index (κ1) is 17.4. The first-order chi connectivity index (χ1) is 12.1. The second-order valence-corrected chi connectivity index (χ2v) is 6.71. The Balaban J connectivity index is 2.01. The van der Waals surface area contributed by atoms with Gasteiger partial charge in [-0.15, -0.1) is 0 Å². The number of nitrogens with one attached hydrogen (secondary N) is 1. The van der Waals surface area contributed by atoms with Crippen molar-refractivity contribution in [3.05, 3.63) is 64.3 Å². The normalized spacial score (nSPS) is 10.8. The van der Waals surface area contributed by atoms with Gasteiger partial charge in [0.25, 0.3) is 0 Å². The van der Waals surface area contributed by atoms with Crippen LogP contribution in [-0.4, -0.2) is 11.7 Å². The number of para-hydroxylation sites is 1. The van der Waals surface area contributed by atoms with E-state index >= 15 is 0 Å². The third-order valence-corrected chi connectivity index (χ3v) is 4.46. The van der Waals surface area contributed by atoms with Crippen LogP contribution in [0.1, 0.15) is 42.3 Å². The largest absolute Gasteiger partial charge is 0.450 e. The number of furan rings is 1. The van der Waals surface area contributed by atoms with Crippen molar-refractivity contribution in [2.24, 2.45) is 0 Å². The molecule has 0 saturated heterocycles. The number of halogens is 1. The molecule has 0 aliphatic carbocycles. The standard InChI is InChI=1S/C20H18BrNO3/c1-2-3-8-17(23)22-18-15-6-4-5-7-16(15)25-20(18)19(24)13-9-11-14(21)12-10-13/h4-7,9-12H,2-3,8H2,1H3,(H,22,23). The third kappa shape index (κ3) is 3.82. The van der Waals surface area contributed by atoms with Crippen molar-refractivity contribution in [3.63, 3.8) is 0 Å². The molecule has 1 amide bonds. The van der Waals surface area contributed by atoms with Crippen LogP contribution in [0.2, 0.25) is 0 Å². The van der Waals surface area contributed by atoms with Gasteiger partial charge in [0.05, 0.1) is 5.69 Å². The molecular formula is C20H18BrNO3. The number of unbranched alkanes of at least 4 members (excludes halogenated alkanes) is 1. The number of amides is 1. The van der Waals surface area contributed by atoms with Gasteiger partial charge in [-0.25, -0.2) is 0 Å². The molecule has 0 saturated carbocycles. The maximum absolute atomic E-state index is 12.9. The van der Waals surface area contributed by atoms with E-state index in [1.54, 1.807) is 30.3 Å². The molecule has 25 heavy (non-hydrogen) atoms. The van der Waals surface area contributed by atoms with E-state index in [1.807, 2.05) is 25.1 Å². The number of hydrogen-bond donors (Lipinski definition) is 1. The van der Waals surface area contributed by atoms with E-state index in [0.717, 1.165) is 22.7 Å². The predicted molar refractivity (Wildman–Crippen MR) is 102 cm³/mol. The molecule has 4 nitrogen and oxygen atoms in total. The van der Waals surface area contributed by atoms with E-state index < -0.39 is 0 Å². The third-order valence-electron chi connectivity index (χ3n) is 3.93. The Morgan fingerprint density at radius 2 is 1.80 bits per heavy atom. The molecule has 128 valence electrons. The molecule has 1 aromatic heterocycles. The number of fused-ring (bicyclic) bond motifs is 1. The summed E-state index contributed by atoms with van der Waals surface area (Å²) in [4.78, 5) is 25.1. The monoisotopic (exact) mass is 399 g/mol. The van der Waals surface area contributed by atoms with Gasteiger partial charge in [-0.05, 0) is 42.8 Å². The highest BCUT2D eigenvalue weighted by Gasteiger charge is 2.23. The minimum absolute atomic E-state index is 0.113. The number of rotatable bonds is 6. The molecule has 3 aromatic rings. The number of benzene rings is 2. The van der Waals surface area contributed by atoms with Crippen molar-refractivity contribution >= 4 is 44.3 Å². The Labute approximate surface area is 154 Å². The summed E-state index contributed by atoms with van der Waals surface area (Å²) in [6.07, 6.45) is 2.16. The van der Waals surface area contributed by atoms with E-state index in [-0.39, 0.29) is 17.5 Å². The van der Waals surface area contributed by atoms with Crippen molar-refractivity contribution in [3.8, 4) is 0 Å². The van der Waals surface area contributed by atoms with Crippen molar-refractivity contribution in [2.45, 2.75) is 26.2 Å². The second kappa shape index (κ2) is 7.66. The van der Waals surface area contributed by atoms with Gasteiger partial charge in [0.1, 0.15) is 5.58 Å². The fourth-order valence-corrected chi connectivity index (χ4v) is 2.87. The van der Waals surface area contributed by atoms with E-state index in [0.29, 0.717) is 23.3 Å². The van der Waals surface area contributed by atoms with Crippen LogP contribution in [0.15, 0.2) is 57.4 Å². The molecule has 0 aliphatic heterocycles. The highest BCUT2D eigenvalue weighted by atomic mass is 79.9. The van der Waals surface area contributed by atoms with Crippen molar-refractivity contribution in [1.29, 1.82) is 0 Å². The number of carbonyl (C=O) groups is 2. The summed E-state index contributed by atoms with van der Waals surface area (Å²) in [6, 6.07) is 14.4. The van der Waals surface area contributed by atoms with E-state index in [9.17, 15) is 9.59 Å². The van der Waals surface area contributed by atoms with Gasteiger partial charge < -0.3 is 9.73 Å². The molecular weight excluding hydrogens is 382 g/mol. The van der Waals surface area contributed by atoms with E-state index in [4.69, 9.17) is 4.42 Å². The van der Waals surface area contributed by atoms with Gasteiger partial charge in [0.2, 0.25) is 11.7 Å². The van der Waals surface area contributed by atoms with Gasteiger partial charge >= 0.3 is 0 Å². The number of carbonyl (C=O) groups excluding carboxylic acids is 2. The summed E-state index contributed by atoms with van der Waals surface area (Å²) in [5.41, 5.74) is 1.53. The molecule has 5 heteroatoms. The van der Waals surface area contributed by atoms with Crippen molar-refractivity contribution in [2.75, 3.05) is 5.32 Å². The zero-order valence-corrected chi connectivity index (χ0v) is 15.4. The van der Waals surface area contributed by atoms with E-state index in [2.05, 4.69) is 21.2 Å². The first-order valence-corrected chi connectivity index (χ1v) is 9.01. The zero-order valence-electron chi connectivity index (χ0n) is 13.8. The molecule has 1 N–H and O–H groups in total. The summed E-state index contributed by atoms with van der Waals surface area (Å²) in [7, 11) is 0. The first-order valence-electron chi connectivity index (χ1n) is 8.21. The molecule has 2 aromatic carbocycles. The summed E-state index contributed by atoms with van der Waals surface area (Å²) >= 11 is 3.36. The lowest BCUT2D eigenvalue weighted by atomic mass is 10.1. The van der Waals surface area contributed by atoms with Crippen molar-refractivity contribution < 1.29 is 14.0 Å². The average molecular weight is 400 g/mol. The maximum Gasteiger partial charge on any atom is 0.230 e. The summed E-state index contributed by atoms with van der Waals surface area (Å²) < 4.78 is 6.67. The van der Waals surface area contributed by atoms with Gasteiger partial charge in [-0.3, -0.25) is 9.59 Å². The van der Waals surface area contributed by atoms with E-state index in [1.165, 1.54) is 0 Å². The molecule has 1 heterocycles. The van der Waals surface area contributed by atoms with Crippen LogP contribution < -0.4 is 5.32 Å². The van der Waals surface area contributed by atoms with Crippen molar-refractivity contribution in [1.82, 2.24) is 0 Å². The molecule has 0 spiro atoms. The van der Waals surface area contributed by atoms with Gasteiger partial charge in [-0.1, -0.05) is 41.4 Å². The van der Waals surface area contributed by atoms with Crippen LogP contribution in [-0.2, 0) is 4.79 Å². The average Bonchev–Trinajstić information content (AvgIpc) is 2.98. The lowest BCUT2D eigenvalue weighted by molar-refractivity contribution is -0.116. The highest BCUT2D eigenvalue weighted by molar-refractivity contribution is 9.10. The predicted octanol–water partition coefficient (Wildman–Crippen LogP) is 5.56. The molecule has 0 aliphatic rings. The quantitative estimate of drug-likeness (QED) is 0.552. The van der Waals surface area contributed by atoms with Crippen LogP contribution in [0.5, 0.6) is 0 Å². The molecule has 3 rings (SSSR count). The molecule has 0 fully saturated rings. The lowest BCUT2D eigenvalue weighted by Crippen LogP contribution is -2.13. The van der Waals surface area contributed by atoms with Gasteiger partial charge in [0, 0.05) is 21.8 Å². The van der Waals surface area contributed by atoms with Crippen LogP contribution in [0, 0.1) is 0 Å². The lowest BCUT2D eigenvalue weighted by Gasteiger charge is -2.06. The summed E-state index contributed by atoms with van der Waals surface area (Å²) in [5.74, 6) is -0.207. The second-order valence-electron chi connectivity index (χ2n) is 5.79. The fourth-order valence-electron chi connectivity index (χ4n) is 2.60. The molecule has 0 unspecified atom stereocenters. The number of anilines is 1. The van der Waals surface area contributed by atoms with Gasteiger partial charge in [0.15, 0.2) is 5.76 Å². The number of ketones is 1. The Kier molecular flexibility index (Phi) is 5.34. The molecule has 0 bridgehead atoms. The minimum Gasteiger partial charge on any atom is -0.450 e. The minimum atomic E-state index is -0.255.